The smallest absolute Gasteiger partial charge is 0.243 e. The van der Waals surface area contributed by atoms with Crippen LogP contribution in [0.5, 0.6) is 0 Å². The third-order valence-corrected chi connectivity index (χ3v) is 9.53. The Morgan fingerprint density at radius 3 is 2.46 bits per heavy atom. The molecule has 0 bridgehead atoms. The van der Waals surface area contributed by atoms with E-state index in [-0.39, 0.29) is 4.90 Å². The number of fused-ring (bicyclic) bond motifs is 1. The summed E-state index contributed by atoms with van der Waals surface area (Å²) in [5, 5.41) is 3.20. The topological polar surface area (TPSA) is 77.0 Å². The number of ether oxygens (including phenoxy) is 1. The normalized spacial score (nSPS) is 18.6. The number of aromatic nitrogens is 1. The van der Waals surface area contributed by atoms with Crippen molar-refractivity contribution in [2.75, 3.05) is 26.3 Å². The molecular weight excluding hydrogens is 482 g/mol. The van der Waals surface area contributed by atoms with Crippen molar-refractivity contribution in [2.24, 2.45) is 4.99 Å². The van der Waals surface area contributed by atoms with Crippen LogP contribution in [0.2, 0.25) is 0 Å². The summed E-state index contributed by atoms with van der Waals surface area (Å²) in [6.45, 7) is 1.63. The van der Waals surface area contributed by atoms with Gasteiger partial charge in [0.25, 0.3) is 0 Å². The summed E-state index contributed by atoms with van der Waals surface area (Å²) in [7, 11) is -3.52. The maximum atomic E-state index is 12.9. The van der Waals surface area contributed by atoms with Crippen molar-refractivity contribution in [3.05, 3.63) is 64.8 Å². The second kappa shape index (κ2) is 9.39. The van der Waals surface area contributed by atoms with Gasteiger partial charge in [-0.05, 0) is 49.2 Å². The molecule has 2 aromatic carbocycles. The van der Waals surface area contributed by atoms with Crippen LogP contribution >= 0.6 is 11.3 Å². The SMILES string of the molecule is O=S(=O)(c1ccc(N=c2scc(-c3cc4ccccc4o3)n2C2CCCC2)cc1)N1CCOCC1. The van der Waals surface area contributed by atoms with Gasteiger partial charge in [0.1, 0.15) is 5.58 Å². The van der Waals surface area contributed by atoms with Crippen LogP contribution < -0.4 is 4.80 Å². The molecule has 35 heavy (non-hydrogen) atoms. The molecular formula is C26H27N3O4S2. The fourth-order valence-electron chi connectivity index (χ4n) is 4.94. The van der Waals surface area contributed by atoms with Crippen molar-refractivity contribution in [1.29, 1.82) is 0 Å². The van der Waals surface area contributed by atoms with E-state index in [0.29, 0.717) is 32.3 Å². The highest BCUT2D eigenvalue weighted by molar-refractivity contribution is 7.89. The molecule has 1 aliphatic heterocycles. The van der Waals surface area contributed by atoms with Crippen LogP contribution in [0.25, 0.3) is 22.4 Å². The van der Waals surface area contributed by atoms with E-state index in [0.717, 1.165) is 45.8 Å². The van der Waals surface area contributed by atoms with Crippen LogP contribution in [0, 0.1) is 0 Å². The molecule has 0 spiro atoms. The van der Waals surface area contributed by atoms with E-state index in [1.807, 2.05) is 18.2 Å². The lowest BCUT2D eigenvalue weighted by Crippen LogP contribution is -2.40. The summed E-state index contributed by atoms with van der Waals surface area (Å²) in [6, 6.07) is 17.4. The summed E-state index contributed by atoms with van der Waals surface area (Å²) in [4.78, 5) is 6.12. The lowest BCUT2D eigenvalue weighted by Gasteiger charge is -2.26. The Morgan fingerprint density at radius 2 is 1.71 bits per heavy atom. The average molecular weight is 510 g/mol. The zero-order chi connectivity index (χ0) is 23.8. The zero-order valence-corrected chi connectivity index (χ0v) is 20.9. The van der Waals surface area contributed by atoms with Crippen LogP contribution in [-0.2, 0) is 14.8 Å². The summed E-state index contributed by atoms with van der Waals surface area (Å²) >= 11 is 1.59. The van der Waals surface area contributed by atoms with E-state index < -0.39 is 10.0 Å². The quantitative estimate of drug-likeness (QED) is 0.364. The van der Waals surface area contributed by atoms with Gasteiger partial charge in [0, 0.05) is 29.9 Å². The predicted octanol–water partition coefficient (Wildman–Crippen LogP) is 5.33. The molecule has 1 saturated carbocycles. The molecule has 9 heteroatoms. The number of morpholine rings is 1. The monoisotopic (exact) mass is 509 g/mol. The number of nitrogens with zero attached hydrogens (tertiary/aromatic N) is 3. The Morgan fingerprint density at radius 1 is 0.971 bits per heavy atom. The molecule has 1 saturated heterocycles. The summed E-state index contributed by atoms with van der Waals surface area (Å²) < 4.78 is 41.2. The Kier molecular flexibility index (Phi) is 6.09. The summed E-state index contributed by atoms with van der Waals surface area (Å²) in [6.07, 6.45) is 4.66. The molecule has 2 fully saturated rings. The molecule has 0 unspecified atom stereocenters. The molecule has 182 valence electrons. The van der Waals surface area contributed by atoms with Crippen LogP contribution in [0.4, 0.5) is 5.69 Å². The number of para-hydroxylation sites is 1. The first-order chi connectivity index (χ1) is 17.1. The first-order valence-electron chi connectivity index (χ1n) is 12.0. The standard InChI is InChI=1S/C26H27N3O4S2/c30-35(31,28-13-15-32-16-14-28)22-11-9-20(10-12-22)27-26-29(21-6-2-3-7-21)23(18-34-26)25-17-19-5-1-4-8-24(19)33-25/h1,4-5,8-12,17-18,21H,2-3,6-7,13-16H2. The number of sulfonamides is 1. The largest absolute Gasteiger partial charge is 0.454 e. The second-order valence-corrected chi connectivity index (χ2v) is 11.8. The van der Waals surface area contributed by atoms with Gasteiger partial charge in [-0.25, -0.2) is 13.4 Å². The fraction of sp³-hybridized carbons (Fsp3) is 0.346. The number of furan rings is 1. The highest BCUT2D eigenvalue weighted by Gasteiger charge is 2.26. The van der Waals surface area contributed by atoms with Gasteiger partial charge in [-0.1, -0.05) is 31.0 Å². The Hall–Kier alpha value is -2.72. The minimum absolute atomic E-state index is 0.288. The third kappa shape index (κ3) is 4.38. The molecule has 0 atom stereocenters. The maximum Gasteiger partial charge on any atom is 0.243 e. The van der Waals surface area contributed by atoms with Gasteiger partial charge in [0.2, 0.25) is 10.0 Å². The van der Waals surface area contributed by atoms with Gasteiger partial charge in [0.05, 0.1) is 29.5 Å². The molecule has 0 N–H and O–H groups in total. The van der Waals surface area contributed by atoms with Crippen molar-refractivity contribution >= 4 is 38.0 Å². The molecule has 3 heterocycles. The third-order valence-electron chi connectivity index (χ3n) is 6.78. The van der Waals surface area contributed by atoms with E-state index in [1.165, 1.54) is 17.1 Å². The Bertz CT molecular complexity index is 1470. The van der Waals surface area contributed by atoms with Gasteiger partial charge < -0.3 is 13.7 Å². The molecule has 6 rings (SSSR count). The molecule has 2 aromatic heterocycles. The number of hydrogen-bond acceptors (Lipinski definition) is 6. The molecule has 2 aliphatic rings. The van der Waals surface area contributed by atoms with Gasteiger partial charge in [-0.15, -0.1) is 11.3 Å². The van der Waals surface area contributed by atoms with Gasteiger partial charge in [-0.2, -0.15) is 4.31 Å². The minimum atomic E-state index is -3.52. The highest BCUT2D eigenvalue weighted by Crippen LogP contribution is 2.35. The Balaban J connectivity index is 1.37. The lowest BCUT2D eigenvalue weighted by atomic mass is 10.2. The van der Waals surface area contributed by atoms with Crippen molar-refractivity contribution in [2.45, 2.75) is 36.6 Å². The van der Waals surface area contributed by atoms with Crippen LogP contribution in [0.1, 0.15) is 31.7 Å². The van der Waals surface area contributed by atoms with E-state index >= 15 is 0 Å². The average Bonchev–Trinajstić information content (AvgIpc) is 3.64. The van der Waals surface area contributed by atoms with Gasteiger partial charge in [-0.3, -0.25) is 0 Å². The lowest BCUT2D eigenvalue weighted by molar-refractivity contribution is 0.0730. The van der Waals surface area contributed by atoms with Crippen molar-refractivity contribution in [3.8, 4) is 11.5 Å². The fourth-order valence-corrected chi connectivity index (χ4v) is 7.32. The molecule has 7 nitrogen and oxygen atoms in total. The van der Waals surface area contributed by atoms with Gasteiger partial charge >= 0.3 is 0 Å². The van der Waals surface area contributed by atoms with Crippen LogP contribution in [0.3, 0.4) is 0 Å². The zero-order valence-electron chi connectivity index (χ0n) is 19.3. The number of thiazole rings is 1. The van der Waals surface area contributed by atoms with Crippen LogP contribution in [0.15, 0.2) is 74.3 Å². The summed E-state index contributed by atoms with van der Waals surface area (Å²) in [5.74, 6) is 0.850. The van der Waals surface area contributed by atoms with Gasteiger partial charge in [0.15, 0.2) is 10.6 Å². The summed E-state index contributed by atoms with van der Waals surface area (Å²) in [5.41, 5.74) is 2.65. The van der Waals surface area contributed by atoms with E-state index in [2.05, 4.69) is 22.1 Å². The molecule has 0 radical (unpaired) electrons. The molecule has 0 amide bonds. The second-order valence-electron chi connectivity index (χ2n) is 8.98. The van der Waals surface area contributed by atoms with Crippen molar-refractivity contribution < 1.29 is 17.6 Å². The number of rotatable bonds is 5. The number of benzene rings is 2. The number of hydrogen-bond donors (Lipinski definition) is 0. The highest BCUT2D eigenvalue weighted by atomic mass is 32.2. The van der Waals surface area contributed by atoms with Crippen molar-refractivity contribution in [1.82, 2.24) is 8.87 Å². The molecule has 1 aliphatic carbocycles. The minimum Gasteiger partial charge on any atom is -0.454 e. The van der Waals surface area contributed by atoms with Crippen LogP contribution in [-0.4, -0.2) is 43.6 Å². The van der Waals surface area contributed by atoms with E-state index in [4.69, 9.17) is 14.1 Å². The van der Waals surface area contributed by atoms with Crippen molar-refractivity contribution in [3.63, 3.8) is 0 Å². The Labute approximate surface area is 208 Å². The maximum absolute atomic E-state index is 12.9. The first kappa shape index (κ1) is 22.7. The first-order valence-corrected chi connectivity index (χ1v) is 14.3. The predicted molar refractivity (Wildman–Crippen MR) is 136 cm³/mol. The van der Waals surface area contributed by atoms with E-state index in [1.54, 1.807) is 35.6 Å². The van der Waals surface area contributed by atoms with E-state index in [9.17, 15) is 8.42 Å². The molecule has 4 aromatic rings.